The first kappa shape index (κ1) is 26.0. The number of methoxy groups -OCH3 is 3. The number of phenols is 1. The van der Waals surface area contributed by atoms with Crippen LogP contribution in [0.25, 0.3) is 22.1 Å². The predicted molar refractivity (Wildman–Crippen MR) is 144 cm³/mol. The lowest BCUT2D eigenvalue weighted by atomic mass is 9.84. The van der Waals surface area contributed by atoms with Gasteiger partial charge in [-0.25, -0.2) is 0 Å². The normalized spacial score (nSPS) is 14.6. The van der Waals surface area contributed by atoms with Crippen molar-refractivity contribution in [3.8, 4) is 45.6 Å². The van der Waals surface area contributed by atoms with Crippen molar-refractivity contribution in [1.82, 2.24) is 0 Å². The molecule has 5 rings (SSSR count). The van der Waals surface area contributed by atoms with Gasteiger partial charge >= 0.3 is 5.97 Å². The first-order chi connectivity index (χ1) is 18.7. The molecule has 0 saturated heterocycles. The number of rotatable bonds is 7. The lowest BCUT2D eigenvalue weighted by molar-refractivity contribution is -0.135. The van der Waals surface area contributed by atoms with Crippen molar-refractivity contribution >= 4 is 16.9 Å². The molecule has 0 aliphatic carbocycles. The Morgan fingerprint density at radius 3 is 2.28 bits per heavy atom. The minimum Gasteiger partial charge on any atom is -0.507 e. The van der Waals surface area contributed by atoms with Crippen molar-refractivity contribution < 1.29 is 38.0 Å². The Morgan fingerprint density at radius 1 is 0.897 bits per heavy atom. The number of carbonyl (C=O) groups excluding carboxylic acids is 1. The first-order valence-electron chi connectivity index (χ1n) is 12.3. The first-order valence-corrected chi connectivity index (χ1v) is 12.3. The van der Waals surface area contributed by atoms with Crippen LogP contribution in [0, 0.1) is 0 Å². The molecule has 0 fully saturated rings. The van der Waals surface area contributed by atoms with E-state index in [1.54, 1.807) is 37.4 Å². The number of hydrogen-bond acceptors (Lipinski definition) is 9. The number of benzene rings is 3. The molecule has 202 valence electrons. The van der Waals surface area contributed by atoms with Gasteiger partial charge in [0.15, 0.2) is 23.0 Å². The highest BCUT2D eigenvalue weighted by Gasteiger charge is 2.34. The van der Waals surface area contributed by atoms with Crippen molar-refractivity contribution in [3.63, 3.8) is 0 Å². The molecular weight excluding hydrogens is 504 g/mol. The average Bonchev–Trinajstić information content (AvgIpc) is 2.91. The molecule has 0 unspecified atom stereocenters. The minimum atomic E-state index is -0.528. The molecule has 4 aromatic rings. The summed E-state index contributed by atoms with van der Waals surface area (Å²) in [6, 6.07) is 11.7. The Hall–Kier alpha value is -4.66. The second-order valence-corrected chi connectivity index (χ2v) is 9.37. The number of phenolic OH excluding ortho intramolecular Hbond substituents is 1. The maximum absolute atomic E-state index is 13.7. The van der Waals surface area contributed by atoms with Gasteiger partial charge in [-0.2, -0.15) is 0 Å². The van der Waals surface area contributed by atoms with Crippen molar-refractivity contribution in [2.45, 2.75) is 32.3 Å². The fourth-order valence-electron chi connectivity index (χ4n) is 4.88. The van der Waals surface area contributed by atoms with Gasteiger partial charge in [0.2, 0.25) is 5.43 Å². The number of hydrogen-bond donors (Lipinski definition) is 1. The molecule has 9 heteroatoms. The van der Waals surface area contributed by atoms with Crippen LogP contribution in [0.1, 0.15) is 37.3 Å². The maximum atomic E-state index is 13.7. The van der Waals surface area contributed by atoms with Crippen molar-refractivity contribution in [2.75, 3.05) is 21.3 Å². The fraction of sp³-hybridized carbons (Fsp3) is 0.267. The second kappa shape index (κ2) is 10.2. The van der Waals surface area contributed by atoms with Gasteiger partial charge in [-0.15, -0.1) is 0 Å². The zero-order valence-corrected chi connectivity index (χ0v) is 22.2. The molecule has 0 saturated carbocycles. The molecule has 9 nitrogen and oxygen atoms in total. The molecule has 0 spiro atoms. The summed E-state index contributed by atoms with van der Waals surface area (Å²) >= 11 is 0. The largest absolute Gasteiger partial charge is 0.507 e. The molecule has 1 aliphatic heterocycles. The van der Waals surface area contributed by atoms with Crippen molar-refractivity contribution in [1.29, 1.82) is 0 Å². The van der Waals surface area contributed by atoms with E-state index in [0.29, 0.717) is 34.1 Å². The molecule has 0 bridgehead atoms. The molecule has 3 aromatic carbocycles. The van der Waals surface area contributed by atoms with E-state index in [1.807, 2.05) is 19.9 Å². The van der Waals surface area contributed by atoms with E-state index in [-0.39, 0.29) is 40.6 Å². The van der Waals surface area contributed by atoms with Crippen LogP contribution in [0.4, 0.5) is 0 Å². The summed E-state index contributed by atoms with van der Waals surface area (Å²) in [6.07, 6.45) is 1.23. The zero-order chi connectivity index (χ0) is 27.8. The highest BCUT2D eigenvalue weighted by atomic mass is 16.5. The number of aromatic hydroxyl groups is 1. The third-order valence-corrected chi connectivity index (χ3v) is 6.62. The zero-order valence-electron chi connectivity index (χ0n) is 22.2. The SMILES string of the molecule is COc1ccc(-c2coc3c4c(cc(O)c3c2=O)OC(=O)C[C@H]4c2ccc(OC)c(OC(C)C)c2)cc1OC. The quantitative estimate of drug-likeness (QED) is 0.246. The number of ether oxygens (including phenoxy) is 5. The van der Waals surface area contributed by atoms with Gasteiger partial charge in [-0.05, 0) is 49.2 Å². The van der Waals surface area contributed by atoms with Crippen molar-refractivity contribution in [2.24, 2.45) is 0 Å². The number of carbonyl (C=O) groups is 1. The summed E-state index contributed by atoms with van der Waals surface area (Å²) < 4.78 is 33.5. The van der Waals surface area contributed by atoms with Gasteiger partial charge in [-0.3, -0.25) is 9.59 Å². The van der Waals surface area contributed by atoms with E-state index in [4.69, 9.17) is 28.1 Å². The molecule has 1 N–H and O–H groups in total. The van der Waals surface area contributed by atoms with Crippen LogP contribution >= 0.6 is 0 Å². The maximum Gasteiger partial charge on any atom is 0.312 e. The molecule has 1 atom stereocenters. The van der Waals surface area contributed by atoms with Crippen LogP contribution < -0.4 is 29.1 Å². The van der Waals surface area contributed by atoms with Gasteiger partial charge < -0.3 is 33.2 Å². The standard InChI is InChI=1S/C30H28O9/c1-15(2)38-24-11-16(6-9-22(24)35-4)18-12-26(32)39-25-13-20(31)28-29(33)19(14-37-30(28)27(18)25)17-7-8-21(34-3)23(10-17)36-5/h6-11,13-15,18,31H,12H2,1-5H3/t18-/m0/s1. The Balaban J connectivity index is 1.71. The van der Waals surface area contributed by atoms with Crippen LogP contribution in [0.2, 0.25) is 0 Å². The van der Waals surface area contributed by atoms with Gasteiger partial charge in [0, 0.05) is 17.5 Å². The van der Waals surface area contributed by atoms with Crippen LogP contribution in [0.3, 0.4) is 0 Å². The highest BCUT2D eigenvalue weighted by Crippen LogP contribution is 2.47. The summed E-state index contributed by atoms with van der Waals surface area (Å²) in [5.74, 6) is 0.789. The van der Waals surface area contributed by atoms with E-state index in [9.17, 15) is 14.7 Å². The molecule has 39 heavy (non-hydrogen) atoms. The lowest BCUT2D eigenvalue weighted by Crippen LogP contribution is -2.22. The van der Waals surface area contributed by atoms with Gasteiger partial charge in [0.25, 0.3) is 0 Å². The number of esters is 1. The summed E-state index contributed by atoms with van der Waals surface area (Å²) in [5, 5.41) is 10.9. The molecule has 1 aliphatic rings. The minimum absolute atomic E-state index is 0.00145. The summed E-state index contributed by atoms with van der Waals surface area (Å²) in [6.45, 7) is 3.81. The molecule has 0 radical (unpaired) electrons. The van der Waals surface area contributed by atoms with Crippen LogP contribution in [-0.2, 0) is 4.79 Å². The topological polar surface area (TPSA) is 114 Å². The van der Waals surface area contributed by atoms with Crippen LogP contribution in [0.15, 0.2) is 57.9 Å². The van der Waals surface area contributed by atoms with E-state index < -0.39 is 17.3 Å². The second-order valence-electron chi connectivity index (χ2n) is 9.37. The molecule has 0 amide bonds. The Kier molecular flexibility index (Phi) is 6.82. The third-order valence-electron chi connectivity index (χ3n) is 6.62. The predicted octanol–water partition coefficient (Wildman–Crippen LogP) is 5.42. The Bertz CT molecular complexity index is 1630. The van der Waals surface area contributed by atoms with E-state index in [2.05, 4.69) is 0 Å². The van der Waals surface area contributed by atoms with E-state index in [0.717, 1.165) is 5.56 Å². The summed E-state index contributed by atoms with van der Waals surface area (Å²) in [4.78, 5) is 26.3. The number of fused-ring (bicyclic) bond motifs is 3. The Morgan fingerprint density at radius 2 is 1.59 bits per heavy atom. The highest BCUT2D eigenvalue weighted by molar-refractivity contribution is 5.94. The third kappa shape index (κ3) is 4.60. The summed E-state index contributed by atoms with van der Waals surface area (Å²) in [5.41, 5.74) is 1.66. The lowest BCUT2D eigenvalue weighted by Gasteiger charge is -2.26. The average molecular weight is 533 g/mol. The fourth-order valence-corrected chi connectivity index (χ4v) is 4.88. The molecule has 1 aromatic heterocycles. The van der Waals surface area contributed by atoms with Gasteiger partial charge in [-0.1, -0.05) is 12.1 Å². The smallest absolute Gasteiger partial charge is 0.312 e. The molecule has 2 heterocycles. The van der Waals surface area contributed by atoms with E-state index >= 15 is 0 Å². The van der Waals surface area contributed by atoms with Crippen LogP contribution in [-0.4, -0.2) is 38.5 Å². The van der Waals surface area contributed by atoms with E-state index in [1.165, 1.54) is 26.5 Å². The van der Waals surface area contributed by atoms with Crippen molar-refractivity contribution in [3.05, 3.63) is 70.1 Å². The summed E-state index contributed by atoms with van der Waals surface area (Å²) in [7, 11) is 4.57. The Labute approximate surface area is 224 Å². The van der Waals surface area contributed by atoms with Gasteiger partial charge in [0.05, 0.1) is 39.4 Å². The molecular formula is C30H28O9. The van der Waals surface area contributed by atoms with Crippen LogP contribution in [0.5, 0.6) is 34.5 Å². The van der Waals surface area contributed by atoms with Gasteiger partial charge in [0.1, 0.15) is 28.7 Å². The monoisotopic (exact) mass is 532 g/mol.